The summed E-state index contributed by atoms with van der Waals surface area (Å²) in [7, 11) is 0. The molecule has 1 fully saturated rings. The summed E-state index contributed by atoms with van der Waals surface area (Å²) in [5.41, 5.74) is 2.26. The van der Waals surface area contributed by atoms with E-state index in [9.17, 15) is 9.18 Å². The Balaban J connectivity index is 1.52. The Bertz CT molecular complexity index is 970. The van der Waals surface area contributed by atoms with E-state index < -0.39 is 0 Å². The molecule has 2 amide bonds. The molecule has 7 heteroatoms. The maximum atomic E-state index is 13.3. The van der Waals surface area contributed by atoms with Crippen molar-refractivity contribution in [3.05, 3.63) is 54.2 Å². The van der Waals surface area contributed by atoms with Crippen LogP contribution >= 0.6 is 0 Å². The fourth-order valence-electron chi connectivity index (χ4n) is 3.66. The molecular formula is C20H22FN5O. The number of halogens is 1. The van der Waals surface area contributed by atoms with Gasteiger partial charge in [-0.05, 0) is 43.2 Å². The van der Waals surface area contributed by atoms with E-state index in [0.29, 0.717) is 18.8 Å². The summed E-state index contributed by atoms with van der Waals surface area (Å²) in [6, 6.07) is 9.59. The van der Waals surface area contributed by atoms with Gasteiger partial charge in [-0.15, -0.1) is 0 Å². The number of likely N-dealkylation sites (tertiary alicyclic amines) is 1. The van der Waals surface area contributed by atoms with Crippen molar-refractivity contribution in [2.75, 3.05) is 18.4 Å². The lowest BCUT2D eigenvalue weighted by atomic mass is 10.1. The van der Waals surface area contributed by atoms with Crippen molar-refractivity contribution in [3.63, 3.8) is 0 Å². The maximum Gasteiger partial charge on any atom is 0.321 e. The molecule has 2 aromatic heterocycles. The van der Waals surface area contributed by atoms with Gasteiger partial charge in [-0.2, -0.15) is 0 Å². The number of pyridine rings is 1. The second-order valence-electron chi connectivity index (χ2n) is 6.84. The number of hydrogen-bond acceptors (Lipinski definition) is 3. The smallest absolute Gasteiger partial charge is 0.321 e. The molecule has 1 N–H and O–H groups in total. The van der Waals surface area contributed by atoms with Gasteiger partial charge in [-0.1, -0.05) is 13.0 Å². The van der Waals surface area contributed by atoms with Crippen LogP contribution in [0.15, 0.2) is 42.6 Å². The molecule has 0 aliphatic carbocycles. The number of carbonyl (C=O) groups is 1. The van der Waals surface area contributed by atoms with E-state index >= 15 is 0 Å². The Labute approximate surface area is 157 Å². The van der Waals surface area contributed by atoms with E-state index in [1.165, 1.54) is 12.1 Å². The zero-order valence-electron chi connectivity index (χ0n) is 15.2. The van der Waals surface area contributed by atoms with Gasteiger partial charge >= 0.3 is 6.03 Å². The summed E-state index contributed by atoms with van der Waals surface area (Å²) in [4.78, 5) is 23.6. The number of nitrogens with one attached hydrogen (secondary N) is 1. The molecule has 1 atom stereocenters. The van der Waals surface area contributed by atoms with Crippen LogP contribution in [0.1, 0.15) is 31.5 Å². The fourth-order valence-corrected chi connectivity index (χ4v) is 3.66. The molecule has 1 saturated heterocycles. The summed E-state index contributed by atoms with van der Waals surface area (Å²) < 4.78 is 15.5. The molecule has 140 valence electrons. The number of imidazole rings is 1. The molecule has 0 spiro atoms. The van der Waals surface area contributed by atoms with Crippen LogP contribution in [-0.2, 0) is 6.54 Å². The lowest BCUT2D eigenvalue weighted by Gasteiger charge is -2.18. The van der Waals surface area contributed by atoms with Crippen LogP contribution in [0.4, 0.5) is 14.9 Å². The molecule has 1 aliphatic heterocycles. The highest BCUT2D eigenvalue weighted by Gasteiger charge is 2.31. The summed E-state index contributed by atoms with van der Waals surface area (Å²) in [6.45, 7) is 4.23. The summed E-state index contributed by atoms with van der Waals surface area (Å²) in [5, 5.41) is 2.77. The number of nitrogens with zero attached hydrogens (tertiary/aromatic N) is 4. The number of aryl methyl sites for hydroxylation is 1. The predicted octanol–water partition coefficient (Wildman–Crippen LogP) is 4.00. The number of rotatable bonds is 4. The van der Waals surface area contributed by atoms with E-state index in [4.69, 9.17) is 4.98 Å². The molecule has 27 heavy (non-hydrogen) atoms. The number of amides is 2. The molecule has 3 aromatic rings. The highest BCUT2D eigenvalue weighted by Crippen LogP contribution is 2.29. The third-order valence-electron chi connectivity index (χ3n) is 4.90. The second kappa shape index (κ2) is 7.34. The minimum absolute atomic E-state index is 0.170. The van der Waals surface area contributed by atoms with Crippen LogP contribution < -0.4 is 5.32 Å². The number of carbonyl (C=O) groups excluding carboxylic acids is 1. The molecule has 0 radical (unpaired) electrons. The number of anilines is 1. The van der Waals surface area contributed by atoms with Crippen LogP contribution in [0, 0.1) is 5.82 Å². The lowest BCUT2D eigenvalue weighted by molar-refractivity contribution is 0.222. The van der Waals surface area contributed by atoms with Crippen LogP contribution in [0.5, 0.6) is 0 Å². The van der Waals surface area contributed by atoms with Crippen molar-refractivity contribution in [1.29, 1.82) is 0 Å². The maximum absolute atomic E-state index is 13.3. The molecular weight excluding hydrogens is 345 g/mol. The van der Waals surface area contributed by atoms with E-state index in [2.05, 4.69) is 21.8 Å². The van der Waals surface area contributed by atoms with Crippen molar-refractivity contribution in [1.82, 2.24) is 19.4 Å². The van der Waals surface area contributed by atoms with Gasteiger partial charge < -0.3 is 14.8 Å². The van der Waals surface area contributed by atoms with Gasteiger partial charge in [-0.25, -0.2) is 19.2 Å². The average Bonchev–Trinajstić information content (AvgIpc) is 3.27. The predicted molar refractivity (Wildman–Crippen MR) is 102 cm³/mol. The van der Waals surface area contributed by atoms with Crippen LogP contribution in [0.2, 0.25) is 0 Å². The van der Waals surface area contributed by atoms with Crippen LogP contribution in [-0.4, -0.2) is 38.6 Å². The quantitative estimate of drug-likeness (QED) is 0.758. The van der Waals surface area contributed by atoms with Gasteiger partial charge in [0.05, 0.1) is 0 Å². The molecule has 4 rings (SSSR count). The highest BCUT2D eigenvalue weighted by molar-refractivity contribution is 5.89. The second-order valence-corrected chi connectivity index (χ2v) is 6.84. The summed E-state index contributed by atoms with van der Waals surface area (Å²) >= 11 is 0. The van der Waals surface area contributed by atoms with E-state index in [1.54, 1.807) is 23.2 Å². The van der Waals surface area contributed by atoms with Crippen molar-refractivity contribution < 1.29 is 9.18 Å². The first-order chi connectivity index (χ1) is 13.2. The average molecular weight is 367 g/mol. The topological polar surface area (TPSA) is 63.1 Å². The highest BCUT2D eigenvalue weighted by atomic mass is 19.1. The molecule has 6 nitrogen and oxygen atoms in total. The van der Waals surface area contributed by atoms with Crippen molar-refractivity contribution in [2.45, 2.75) is 32.2 Å². The van der Waals surface area contributed by atoms with Crippen molar-refractivity contribution >= 4 is 22.9 Å². The molecule has 0 saturated carbocycles. The number of benzene rings is 1. The van der Waals surface area contributed by atoms with Crippen LogP contribution in [0.3, 0.4) is 0 Å². The van der Waals surface area contributed by atoms with E-state index in [-0.39, 0.29) is 17.8 Å². The number of aromatic nitrogens is 3. The Morgan fingerprint density at radius 2 is 2.22 bits per heavy atom. The monoisotopic (exact) mass is 367 g/mol. The van der Waals surface area contributed by atoms with Gasteiger partial charge in [0.15, 0.2) is 5.65 Å². The number of fused-ring (bicyclic) bond motifs is 1. The Hall–Kier alpha value is -2.96. The first-order valence-corrected chi connectivity index (χ1v) is 9.28. The molecule has 0 bridgehead atoms. The normalized spacial score (nSPS) is 16.8. The Morgan fingerprint density at radius 1 is 1.33 bits per heavy atom. The minimum Gasteiger partial charge on any atom is -0.324 e. The molecule has 0 unspecified atom stereocenters. The Morgan fingerprint density at radius 3 is 3.04 bits per heavy atom. The van der Waals surface area contributed by atoms with Gasteiger partial charge in [-0.3, -0.25) is 0 Å². The van der Waals surface area contributed by atoms with Gasteiger partial charge in [0, 0.05) is 37.4 Å². The molecule has 3 heterocycles. The number of urea groups is 1. The molecule has 1 aliphatic rings. The largest absolute Gasteiger partial charge is 0.324 e. The van der Waals surface area contributed by atoms with Gasteiger partial charge in [0.25, 0.3) is 0 Å². The van der Waals surface area contributed by atoms with Crippen molar-refractivity contribution in [3.8, 4) is 0 Å². The fraction of sp³-hybridized carbons (Fsp3) is 0.350. The lowest BCUT2D eigenvalue weighted by Crippen LogP contribution is -2.33. The molecule has 1 aromatic carbocycles. The Kier molecular flexibility index (Phi) is 4.75. The van der Waals surface area contributed by atoms with Crippen LogP contribution in [0.25, 0.3) is 11.2 Å². The first kappa shape index (κ1) is 17.5. The zero-order valence-corrected chi connectivity index (χ0v) is 15.2. The third kappa shape index (κ3) is 3.49. The van der Waals surface area contributed by atoms with Gasteiger partial charge in [0.1, 0.15) is 17.2 Å². The summed E-state index contributed by atoms with van der Waals surface area (Å²) in [6.07, 6.45) is 3.63. The van der Waals surface area contributed by atoms with Gasteiger partial charge in [0.2, 0.25) is 0 Å². The van der Waals surface area contributed by atoms with E-state index in [0.717, 1.165) is 36.4 Å². The SMILES string of the molecule is CCCn1c([C@H]2CCN(C(=O)Nc3cccc(F)c3)C2)nc2cccnc21. The standard InChI is InChI=1S/C20H22FN5O/c1-2-10-26-18(24-17-7-4-9-22-19(17)26)14-8-11-25(13-14)20(27)23-16-6-3-5-15(21)12-16/h3-7,9,12,14H,2,8,10-11,13H2,1H3,(H,23,27)/t14-/m0/s1. The number of hydrogen-bond donors (Lipinski definition) is 1. The minimum atomic E-state index is -0.368. The summed E-state index contributed by atoms with van der Waals surface area (Å²) in [5.74, 6) is 0.795. The van der Waals surface area contributed by atoms with E-state index in [1.807, 2.05) is 12.1 Å². The first-order valence-electron chi connectivity index (χ1n) is 9.28. The third-order valence-corrected chi connectivity index (χ3v) is 4.90. The van der Waals surface area contributed by atoms with Crippen molar-refractivity contribution in [2.24, 2.45) is 0 Å². The zero-order chi connectivity index (χ0) is 18.8.